The molecule has 0 aromatic carbocycles. The summed E-state index contributed by atoms with van der Waals surface area (Å²) in [5.74, 6) is -0.866. The SMILES string of the molecule is CC1CC(NC(=O)C(C)(C)S(=O)(=O)CCCC(F)(F)F)CC(C)(C)C1. The van der Waals surface area contributed by atoms with Gasteiger partial charge in [-0.25, -0.2) is 8.42 Å². The molecule has 0 aliphatic heterocycles. The van der Waals surface area contributed by atoms with Gasteiger partial charge in [0.1, 0.15) is 4.75 Å². The highest BCUT2D eigenvalue weighted by Crippen LogP contribution is 2.38. The van der Waals surface area contributed by atoms with Crippen molar-refractivity contribution in [1.82, 2.24) is 5.32 Å². The van der Waals surface area contributed by atoms with E-state index < -0.39 is 45.3 Å². The second kappa shape index (κ2) is 7.45. The van der Waals surface area contributed by atoms with Gasteiger partial charge in [-0.1, -0.05) is 20.8 Å². The van der Waals surface area contributed by atoms with Crippen LogP contribution in [-0.2, 0) is 14.6 Å². The maximum Gasteiger partial charge on any atom is 0.389 e. The molecule has 0 heterocycles. The van der Waals surface area contributed by atoms with Crippen LogP contribution in [0.1, 0.15) is 66.7 Å². The molecule has 0 saturated heterocycles. The first-order valence-electron chi connectivity index (χ1n) is 8.66. The monoisotopic (exact) mass is 385 g/mol. The summed E-state index contributed by atoms with van der Waals surface area (Å²) in [4.78, 5) is 12.5. The van der Waals surface area contributed by atoms with Crippen LogP contribution in [0.3, 0.4) is 0 Å². The van der Waals surface area contributed by atoms with E-state index in [1.165, 1.54) is 13.8 Å². The summed E-state index contributed by atoms with van der Waals surface area (Å²) >= 11 is 0. The van der Waals surface area contributed by atoms with Crippen LogP contribution in [0.15, 0.2) is 0 Å². The molecule has 1 saturated carbocycles. The van der Waals surface area contributed by atoms with Gasteiger partial charge in [0, 0.05) is 12.5 Å². The maximum atomic E-state index is 12.5. The van der Waals surface area contributed by atoms with E-state index in [1.807, 2.05) is 0 Å². The molecular weight excluding hydrogens is 355 g/mol. The number of hydrogen-bond donors (Lipinski definition) is 1. The minimum Gasteiger partial charge on any atom is -0.352 e. The fourth-order valence-electron chi connectivity index (χ4n) is 3.67. The van der Waals surface area contributed by atoms with Gasteiger partial charge in [-0.15, -0.1) is 0 Å². The lowest BCUT2D eigenvalue weighted by Crippen LogP contribution is -2.53. The van der Waals surface area contributed by atoms with E-state index >= 15 is 0 Å². The zero-order valence-corrected chi connectivity index (χ0v) is 16.5. The van der Waals surface area contributed by atoms with Crippen LogP contribution in [0.5, 0.6) is 0 Å². The van der Waals surface area contributed by atoms with Crippen LogP contribution in [-0.4, -0.2) is 37.0 Å². The maximum absolute atomic E-state index is 12.5. The van der Waals surface area contributed by atoms with Crippen LogP contribution >= 0.6 is 0 Å². The molecule has 1 amide bonds. The number of alkyl halides is 3. The van der Waals surface area contributed by atoms with Gasteiger partial charge in [-0.3, -0.25) is 4.79 Å². The molecule has 2 atom stereocenters. The molecule has 25 heavy (non-hydrogen) atoms. The van der Waals surface area contributed by atoms with E-state index in [1.54, 1.807) is 0 Å². The summed E-state index contributed by atoms with van der Waals surface area (Å²) in [5, 5.41) is 2.82. The molecule has 1 aliphatic carbocycles. The fraction of sp³-hybridized carbons (Fsp3) is 0.941. The van der Waals surface area contributed by atoms with Crippen LogP contribution in [0.4, 0.5) is 13.2 Å². The van der Waals surface area contributed by atoms with Crippen molar-refractivity contribution in [2.45, 2.75) is 83.7 Å². The minimum atomic E-state index is -4.40. The molecule has 1 fully saturated rings. The Bertz CT molecular complexity index is 582. The molecule has 4 nitrogen and oxygen atoms in total. The highest BCUT2D eigenvalue weighted by molar-refractivity contribution is 7.93. The number of amides is 1. The van der Waals surface area contributed by atoms with Gasteiger partial charge in [0.2, 0.25) is 5.91 Å². The average Bonchev–Trinajstić information content (AvgIpc) is 2.33. The van der Waals surface area contributed by atoms with E-state index in [-0.39, 0.29) is 11.5 Å². The number of nitrogens with one attached hydrogen (secondary N) is 1. The number of halogens is 3. The van der Waals surface area contributed by atoms with Gasteiger partial charge < -0.3 is 5.32 Å². The van der Waals surface area contributed by atoms with Crippen LogP contribution in [0.25, 0.3) is 0 Å². The standard InChI is InChI=1S/C17H30F3NO3S/c1-12-9-13(11-15(2,3)10-12)21-14(22)16(4,5)25(23,24)8-6-7-17(18,19)20/h12-13H,6-11H2,1-5H3,(H,21,22). The molecule has 1 rings (SSSR count). The first-order chi connectivity index (χ1) is 11.1. The topological polar surface area (TPSA) is 63.2 Å². The molecule has 1 N–H and O–H groups in total. The second-order valence-corrected chi connectivity index (χ2v) is 11.3. The van der Waals surface area contributed by atoms with Gasteiger partial charge in [0.25, 0.3) is 0 Å². The molecule has 1 aliphatic rings. The Morgan fingerprint density at radius 1 is 1.20 bits per heavy atom. The van der Waals surface area contributed by atoms with Gasteiger partial charge in [-0.2, -0.15) is 13.2 Å². The van der Waals surface area contributed by atoms with E-state index in [0.717, 1.165) is 19.3 Å². The first kappa shape index (κ1) is 22.3. The van der Waals surface area contributed by atoms with Crippen LogP contribution in [0, 0.1) is 11.3 Å². The molecule has 0 spiro atoms. The van der Waals surface area contributed by atoms with E-state index in [2.05, 4.69) is 26.1 Å². The lowest BCUT2D eigenvalue weighted by Gasteiger charge is -2.40. The Kier molecular flexibility index (Phi) is 6.63. The van der Waals surface area contributed by atoms with Crippen molar-refractivity contribution >= 4 is 15.7 Å². The van der Waals surface area contributed by atoms with Crippen molar-refractivity contribution in [1.29, 1.82) is 0 Å². The Labute approximate surface area is 148 Å². The zero-order chi connectivity index (χ0) is 19.7. The van der Waals surface area contributed by atoms with Gasteiger partial charge in [0.05, 0.1) is 5.75 Å². The van der Waals surface area contributed by atoms with Gasteiger partial charge in [0.15, 0.2) is 9.84 Å². The van der Waals surface area contributed by atoms with Crippen LogP contribution in [0.2, 0.25) is 0 Å². The largest absolute Gasteiger partial charge is 0.389 e. The molecule has 0 aromatic rings. The van der Waals surface area contributed by atoms with Crippen molar-refractivity contribution in [3.05, 3.63) is 0 Å². The third kappa shape index (κ3) is 6.46. The number of carbonyl (C=O) groups is 1. The third-order valence-corrected chi connectivity index (χ3v) is 7.49. The number of rotatable bonds is 6. The Morgan fingerprint density at radius 3 is 2.24 bits per heavy atom. The number of hydrogen-bond acceptors (Lipinski definition) is 3. The molecule has 2 unspecified atom stereocenters. The summed E-state index contributed by atoms with van der Waals surface area (Å²) in [5.41, 5.74) is 0.0609. The van der Waals surface area contributed by atoms with Crippen molar-refractivity contribution in [2.75, 3.05) is 5.75 Å². The van der Waals surface area contributed by atoms with E-state index in [9.17, 15) is 26.4 Å². The number of sulfone groups is 1. The van der Waals surface area contributed by atoms with Crippen LogP contribution < -0.4 is 5.32 Å². The normalized spacial score (nSPS) is 24.8. The summed E-state index contributed by atoms with van der Waals surface area (Å²) in [6, 6.07) is -0.115. The Balaban J connectivity index is 2.74. The fourth-order valence-corrected chi connectivity index (χ4v) is 5.05. The highest BCUT2D eigenvalue weighted by atomic mass is 32.2. The molecule has 0 radical (unpaired) electrons. The van der Waals surface area contributed by atoms with Crippen molar-refractivity contribution in [3.8, 4) is 0 Å². The van der Waals surface area contributed by atoms with E-state index in [4.69, 9.17) is 0 Å². The number of carbonyl (C=O) groups excluding carboxylic acids is 1. The lowest BCUT2D eigenvalue weighted by atomic mass is 9.70. The predicted molar refractivity (Wildman–Crippen MR) is 91.9 cm³/mol. The van der Waals surface area contributed by atoms with E-state index in [0.29, 0.717) is 5.92 Å². The first-order valence-corrected chi connectivity index (χ1v) is 10.3. The van der Waals surface area contributed by atoms with Gasteiger partial charge in [-0.05, 0) is 50.9 Å². The molecule has 8 heteroatoms. The molecule has 0 aromatic heterocycles. The highest BCUT2D eigenvalue weighted by Gasteiger charge is 2.43. The van der Waals surface area contributed by atoms with Crippen molar-refractivity contribution < 1.29 is 26.4 Å². The smallest absolute Gasteiger partial charge is 0.352 e. The predicted octanol–water partition coefficient (Wildman–Crippen LogP) is 3.85. The third-order valence-electron chi connectivity index (χ3n) is 4.92. The quantitative estimate of drug-likeness (QED) is 0.755. The summed E-state index contributed by atoms with van der Waals surface area (Å²) in [6.07, 6.45) is -3.52. The summed E-state index contributed by atoms with van der Waals surface area (Å²) in [7, 11) is -3.99. The molecule has 148 valence electrons. The average molecular weight is 385 g/mol. The molecule has 0 bridgehead atoms. The summed E-state index contributed by atoms with van der Waals surface area (Å²) in [6.45, 7) is 8.85. The van der Waals surface area contributed by atoms with Crippen molar-refractivity contribution in [3.63, 3.8) is 0 Å². The molecular formula is C17H30F3NO3S. The van der Waals surface area contributed by atoms with Gasteiger partial charge >= 0.3 is 6.18 Å². The Morgan fingerprint density at radius 2 is 1.76 bits per heavy atom. The van der Waals surface area contributed by atoms with Crippen molar-refractivity contribution in [2.24, 2.45) is 11.3 Å². The zero-order valence-electron chi connectivity index (χ0n) is 15.7. The lowest BCUT2D eigenvalue weighted by molar-refractivity contribution is -0.134. The minimum absolute atomic E-state index is 0.0609. The second-order valence-electron chi connectivity index (χ2n) is 8.63. The Hall–Kier alpha value is -0.790. The summed E-state index contributed by atoms with van der Waals surface area (Å²) < 4.78 is 59.7.